The van der Waals surface area contributed by atoms with Gasteiger partial charge in [-0.05, 0) is 23.8 Å². The third-order valence-electron chi connectivity index (χ3n) is 3.13. The SMILES string of the molecule is CN(Cc1ncc[nH]1)C(=O)c1cc2c(s1)CCSC2. The van der Waals surface area contributed by atoms with E-state index in [0.717, 1.165) is 22.9 Å². The maximum Gasteiger partial charge on any atom is 0.264 e. The highest BCUT2D eigenvalue weighted by molar-refractivity contribution is 7.98. The van der Waals surface area contributed by atoms with Gasteiger partial charge in [0.1, 0.15) is 5.82 Å². The molecule has 1 aliphatic heterocycles. The number of carbonyl (C=O) groups is 1. The Labute approximate surface area is 120 Å². The first-order valence-electron chi connectivity index (χ1n) is 6.17. The summed E-state index contributed by atoms with van der Waals surface area (Å²) >= 11 is 3.59. The molecule has 6 heteroatoms. The van der Waals surface area contributed by atoms with E-state index in [1.165, 1.54) is 16.2 Å². The largest absolute Gasteiger partial charge is 0.347 e. The van der Waals surface area contributed by atoms with Crippen LogP contribution in [-0.2, 0) is 18.7 Å². The molecule has 19 heavy (non-hydrogen) atoms. The number of thiophene rings is 1. The highest BCUT2D eigenvalue weighted by atomic mass is 32.2. The van der Waals surface area contributed by atoms with Crippen molar-refractivity contribution in [2.45, 2.75) is 18.7 Å². The summed E-state index contributed by atoms with van der Waals surface area (Å²) in [7, 11) is 1.82. The number of carbonyl (C=O) groups excluding carboxylic acids is 1. The topological polar surface area (TPSA) is 49.0 Å². The van der Waals surface area contributed by atoms with Crippen molar-refractivity contribution in [1.82, 2.24) is 14.9 Å². The first kappa shape index (κ1) is 12.7. The second-order valence-corrected chi connectivity index (χ2v) is 6.80. The number of amides is 1. The van der Waals surface area contributed by atoms with Crippen molar-refractivity contribution >= 4 is 29.0 Å². The number of imidazole rings is 1. The molecule has 0 radical (unpaired) electrons. The number of rotatable bonds is 3. The predicted octanol–water partition coefficient (Wildman–Crippen LogP) is 2.53. The fourth-order valence-corrected chi connectivity index (χ4v) is 4.49. The van der Waals surface area contributed by atoms with Gasteiger partial charge in [-0.25, -0.2) is 4.98 Å². The molecule has 0 atom stereocenters. The maximum absolute atomic E-state index is 12.4. The van der Waals surface area contributed by atoms with Crippen molar-refractivity contribution in [3.63, 3.8) is 0 Å². The van der Waals surface area contributed by atoms with E-state index in [1.54, 1.807) is 28.6 Å². The van der Waals surface area contributed by atoms with E-state index in [4.69, 9.17) is 0 Å². The summed E-state index contributed by atoms with van der Waals surface area (Å²) in [5.41, 5.74) is 1.34. The van der Waals surface area contributed by atoms with Gasteiger partial charge < -0.3 is 9.88 Å². The minimum Gasteiger partial charge on any atom is -0.347 e. The molecule has 3 heterocycles. The lowest BCUT2D eigenvalue weighted by Crippen LogP contribution is -2.25. The molecule has 1 N–H and O–H groups in total. The van der Waals surface area contributed by atoms with Crippen molar-refractivity contribution in [2.75, 3.05) is 12.8 Å². The number of aryl methyl sites for hydroxylation is 1. The zero-order valence-corrected chi connectivity index (χ0v) is 12.3. The number of thioether (sulfide) groups is 1. The summed E-state index contributed by atoms with van der Waals surface area (Å²) in [6.45, 7) is 0.517. The molecule has 0 aliphatic carbocycles. The third-order valence-corrected chi connectivity index (χ3v) is 5.36. The van der Waals surface area contributed by atoms with Gasteiger partial charge >= 0.3 is 0 Å². The number of aromatic amines is 1. The minimum absolute atomic E-state index is 0.0841. The molecule has 3 rings (SSSR count). The second kappa shape index (κ2) is 5.38. The molecule has 0 saturated heterocycles. The minimum atomic E-state index is 0.0841. The van der Waals surface area contributed by atoms with Crippen molar-refractivity contribution in [3.8, 4) is 0 Å². The number of nitrogens with one attached hydrogen (secondary N) is 1. The van der Waals surface area contributed by atoms with Crippen molar-refractivity contribution in [1.29, 1.82) is 0 Å². The first-order chi connectivity index (χ1) is 9.24. The standard InChI is InChI=1S/C13H15N3OS2/c1-16(7-12-14-3-4-15-12)13(17)11-6-9-8-18-5-2-10(9)19-11/h3-4,6H,2,5,7-8H2,1H3,(H,14,15). The summed E-state index contributed by atoms with van der Waals surface area (Å²) in [6, 6.07) is 2.06. The maximum atomic E-state index is 12.4. The molecule has 2 aromatic heterocycles. The molecular formula is C13H15N3OS2. The lowest BCUT2D eigenvalue weighted by atomic mass is 10.2. The predicted molar refractivity (Wildman–Crippen MR) is 78.6 cm³/mol. The Morgan fingerprint density at radius 2 is 2.47 bits per heavy atom. The molecule has 0 aromatic carbocycles. The average Bonchev–Trinajstić information content (AvgIpc) is 3.05. The van der Waals surface area contributed by atoms with Crippen LogP contribution in [0.15, 0.2) is 18.5 Å². The molecule has 0 bridgehead atoms. The van der Waals surface area contributed by atoms with E-state index >= 15 is 0 Å². The second-order valence-electron chi connectivity index (χ2n) is 4.56. The van der Waals surface area contributed by atoms with E-state index in [0.29, 0.717) is 6.54 Å². The highest BCUT2D eigenvalue weighted by Crippen LogP contribution is 2.32. The van der Waals surface area contributed by atoms with Crippen LogP contribution in [-0.4, -0.2) is 33.6 Å². The lowest BCUT2D eigenvalue weighted by Gasteiger charge is -2.14. The summed E-state index contributed by atoms with van der Waals surface area (Å²) in [4.78, 5) is 23.5. The fraction of sp³-hybridized carbons (Fsp3) is 0.385. The van der Waals surface area contributed by atoms with E-state index in [2.05, 4.69) is 16.0 Å². The van der Waals surface area contributed by atoms with Crippen LogP contribution in [0.4, 0.5) is 0 Å². The summed E-state index contributed by atoms with van der Waals surface area (Å²) in [6.07, 6.45) is 4.57. The van der Waals surface area contributed by atoms with Crippen LogP contribution >= 0.6 is 23.1 Å². The van der Waals surface area contributed by atoms with Crippen LogP contribution in [0.3, 0.4) is 0 Å². The zero-order chi connectivity index (χ0) is 13.2. The van der Waals surface area contributed by atoms with Gasteiger partial charge in [-0.3, -0.25) is 4.79 Å². The molecule has 2 aromatic rings. The quantitative estimate of drug-likeness (QED) is 0.946. The van der Waals surface area contributed by atoms with E-state index < -0.39 is 0 Å². The van der Waals surface area contributed by atoms with Crippen LogP contribution < -0.4 is 0 Å². The van der Waals surface area contributed by atoms with E-state index in [1.807, 2.05) is 18.8 Å². The van der Waals surface area contributed by atoms with Crippen molar-refractivity contribution < 1.29 is 4.79 Å². The molecule has 1 amide bonds. The summed E-state index contributed by atoms with van der Waals surface area (Å²) in [5, 5.41) is 0. The van der Waals surface area contributed by atoms with Gasteiger partial charge in [0.2, 0.25) is 0 Å². The molecule has 100 valence electrons. The Bertz CT molecular complexity index is 553. The Balaban J connectivity index is 1.74. The van der Waals surface area contributed by atoms with Gasteiger partial charge in [-0.1, -0.05) is 0 Å². The van der Waals surface area contributed by atoms with Gasteiger partial charge in [0.15, 0.2) is 0 Å². The van der Waals surface area contributed by atoms with Crippen LogP contribution in [0.5, 0.6) is 0 Å². The molecule has 0 saturated carbocycles. The lowest BCUT2D eigenvalue weighted by molar-refractivity contribution is 0.0786. The van der Waals surface area contributed by atoms with Gasteiger partial charge in [0.25, 0.3) is 5.91 Å². The molecule has 0 unspecified atom stereocenters. The fourth-order valence-electron chi connectivity index (χ4n) is 2.12. The number of fused-ring (bicyclic) bond motifs is 1. The highest BCUT2D eigenvalue weighted by Gasteiger charge is 2.20. The Hall–Kier alpha value is -1.27. The number of hydrogen-bond donors (Lipinski definition) is 1. The average molecular weight is 293 g/mol. The molecule has 4 nitrogen and oxygen atoms in total. The smallest absolute Gasteiger partial charge is 0.264 e. The number of nitrogens with zero attached hydrogens (tertiary/aromatic N) is 2. The van der Waals surface area contributed by atoms with E-state index in [9.17, 15) is 4.79 Å². The normalized spacial score (nSPS) is 14.2. The van der Waals surface area contributed by atoms with Gasteiger partial charge in [0.05, 0.1) is 11.4 Å². The van der Waals surface area contributed by atoms with Gasteiger partial charge in [0, 0.05) is 30.1 Å². The van der Waals surface area contributed by atoms with Crippen LogP contribution in [0.1, 0.15) is 25.9 Å². The van der Waals surface area contributed by atoms with Crippen molar-refractivity contribution in [2.24, 2.45) is 0 Å². The third kappa shape index (κ3) is 2.69. The monoisotopic (exact) mass is 293 g/mol. The first-order valence-corrected chi connectivity index (χ1v) is 8.14. The van der Waals surface area contributed by atoms with Crippen LogP contribution in [0.25, 0.3) is 0 Å². The number of aromatic nitrogens is 2. The molecule has 1 aliphatic rings. The Morgan fingerprint density at radius 3 is 3.21 bits per heavy atom. The van der Waals surface area contributed by atoms with Gasteiger partial charge in [-0.2, -0.15) is 11.8 Å². The molecule has 0 spiro atoms. The number of hydrogen-bond acceptors (Lipinski definition) is 4. The van der Waals surface area contributed by atoms with Crippen molar-refractivity contribution in [3.05, 3.63) is 39.6 Å². The zero-order valence-electron chi connectivity index (χ0n) is 10.7. The van der Waals surface area contributed by atoms with Crippen LogP contribution in [0.2, 0.25) is 0 Å². The Kier molecular flexibility index (Phi) is 3.61. The molecular weight excluding hydrogens is 278 g/mol. The Morgan fingerprint density at radius 1 is 1.58 bits per heavy atom. The summed E-state index contributed by atoms with van der Waals surface area (Å²) in [5.74, 6) is 3.11. The van der Waals surface area contributed by atoms with E-state index in [-0.39, 0.29) is 5.91 Å². The van der Waals surface area contributed by atoms with Crippen LogP contribution in [0, 0.1) is 0 Å². The molecule has 0 fully saturated rings. The van der Waals surface area contributed by atoms with Gasteiger partial charge in [-0.15, -0.1) is 11.3 Å². The number of H-pyrrole nitrogens is 1. The summed E-state index contributed by atoms with van der Waals surface area (Å²) < 4.78 is 0.